The summed E-state index contributed by atoms with van der Waals surface area (Å²) >= 11 is 0. The zero-order chi connectivity index (χ0) is 15.3. The van der Waals surface area contributed by atoms with Crippen molar-refractivity contribution in [2.45, 2.75) is 54.3 Å². The summed E-state index contributed by atoms with van der Waals surface area (Å²) < 4.78 is 17.3. The molecule has 0 aliphatic carbocycles. The molecule has 0 aromatic heterocycles. The van der Waals surface area contributed by atoms with Crippen molar-refractivity contribution >= 4 is 8.80 Å². The summed E-state index contributed by atoms with van der Waals surface area (Å²) in [5.74, 6) is 0. The maximum Gasteiger partial charge on any atom is 0.498 e. The average molecular weight is 295 g/mol. The summed E-state index contributed by atoms with van der Waals surface area (Å²) in [6.45, 7) is 17.3. The highest BCUT2D eigenvalue weighted by molar-refractivity contribution is 6.59. The van der Waals surface area contributed by atoms with E-state index in [0.29, 0.717) is 13.2 Å². The van der Waals surface area contributed by atoms with Gasteiger partial charge in [0.2, 0.25) is 0 Å². The van der Waals surface area contributed by atoms with Crippen LogP contribution in [0.4, 0.5) is 0 Å². The Morgan fingerprint density at radius 2 is 1.37 bits per heavy atom. The summed E-state index contributed by atoms with van der Waals surface area (Å²) in [5, 5.41) is 7.57. The predicted octanol–water partition coefficient (Wildman–Crippen LogP) is 2.33. The fourth-order valence-corrected chi connectivity index (χ4v) is 3.79. The van der Waals surface area contributed by atoms with Crippen LogP contribution in [0.1, 0.15) is 41.5 Å². The molecule has 0 rings (SSSR count). The summed E-state index contributed by atoms with van der Waals surface area (Å²) in [6.07, 6.45) is 0.0461. The van der Waals surface area contributed by atoms with Gasteiger partial charge in [-0.3, -0.25) is 4.90 Å². The lowest BCUT2D eigenvalue weighted by Gasteiger charge is -2.33. The van der Waals surface area contributed by atoms with Gasteiger partial charge in [0.15, 0.2) is 0 Å². The van der Waals surface area contributed by atoms with Gasteiger partial charge in [-0.1, -0.05) is 13.8 Å². The molecule has 0 spiro atoms. The van der Waals surface area contributed by atoms with E-state index in [0.717, 1.165) is 13.1 Å². The van der Waals surface area contributed by atoms with E-state index in [2.05, 4.69) is 25.7 Å². The molecule has 6 heteroatoms. The second-order valence-corrected chi connectivity index (χ2v) is 6.52. The van der Waals surface area contributed by atoms with Crippen molar-refractivity contribution in [2.24, 2.45) is 0 Å². The zero-order valence-corrected chi connectivity index (χ0v) is 14.7. The Kier molecular flexibility index (Phi) is 14.6. The minimum absolute atomic E-state index is 0.0461. The van der Waals surface area contributed by atoms with E-state index in [1.165, 1.54) is 0 Å². The Labute approximate surface area is 120 Å². The van der Waals surface area contributed by atoms with E-state index in [-0.39, 0.29) is 12.8 Å². The molecule has 0 aromatic rings. The predicted molar refractivity (Wildman–Crippen MR) is 81.1 cm³/mol. The maximum atomic E-state index is 7.57. The third-order valence-electron chi connectivity index (χ3n) is 2.52. The largest absolute Gasteiger partial charge is 0.498 e. The molecule has 0 aliphatic rings. The summed E-state index contributed by atoms with van der Waals surface area (Å²) in [6, 6.07) is 0. The van der Waals surface area contributed by atoms with Crippen molar-refractivity contribution in [3.63, 3.8) is 0 Å². The molecule has 0 saturated carbocycles. The van der Waals surface area contributed by atoms with Crippen LogP contribution in [0, 0.1) is 0 Å². The molecule has 1 N–H and O–H groups in total. The lowest BCUT2D eigenvalue weighted by Crippen LogP contribution is -2.49. The first-order chi connectivity index (χ1) is 8.94. The van der Waals surface area contributed by atoms with E-state index in [9.17, 15) is 0 Å². The second kappa shape index (κ2) is 13.0. The minimum atomic E-state index is -2.45. The first kappa shape index (κ1) is 21.3. The van der Waals surface area contributed by atoms with E-state index in [1.54, 1.807) is 6.92 Å². The molecule has 0 heterocycles. The third-order valence-corrected chi connectivity index (χ3v) is 4.92. The molecule has 118 valence electrons. The molecular weight excluding hydrogens is 262 g/mol. The Morgan fingerprint density at radius 3 is 1.63 bits per heavy atom. The average Bonchev–Trinajstić information content (AvgIpc) is 2.31. The second-order valence-electron chi connectivity index (χ2n) is 3.98. The number of rotatable bonds is 9. The third kappa shape index (κ3) is 10.5. The molecule has 0 bridgehead atoms. The van der Waals surface area contributed by atoms with E-state index >= 15 is 0 Å². The standard InChI is InChI=1S/C11H27NO3Si.C2H6O/c1-7-12(8-2)11(5)15-16(6,13-9-3)14-10-4;1-2-3/h11H,7-10H2,1-6H3;3H,2H2,1H3. The molecule has 1 atom stereocenters. The molecule has 0 aromatic carbocycles. The quantitative estimate of drug-likeness (QED) is 0.522. The van der Waals surface area contributed by atoms with Gasteiger partial charge >= 0.3 is 8.80 Å². The number of nitrogens with zero attached hydrogens (tertiary/aromatic N) is 1. The van der Waals surface area contributed by atoms with Gasteiger partial charge in [-0.15, -0.1) is 0 Å². The Bertz CT molecular complexity index is 185. The van der Waals surface area contributed by atoms with Crippen molar-refractivity contribution < 1.29 is 18.4 Å². The molecular formula is C13H33NO4Si. The van der Waals surface area contributed by atoms with Gasteiger partial charge in [-0.05, 0) is 40.8 Å². The van der Waals surface area contributed by atoms with Gasteiger partial charge in [0.1, 0.15) is 6.23 Å². The number of hydrogen-bond acceptors (Lipinski definition) is 5. The van der Waals surface area contributed by atoms with Crippen LogP contribution in [0.3, 0.4) is 0 Å². The molecule has 0 saturated heterocycles. The van der Waals surface area contributed by atoms with E-state index in [1.807, 2.05) is 20.4 Å². The monoisotopic (exact) mass is 295 g/mol. The molecule has 1 unspecified atom stereocenters. The summed E-state index contributed by atoms with van der Waals surface area (Å²) in [7, 11) is -2.45. The normalized spacial score (nSPS) is 13.1. The van der Waals surface area contributed by atoms with Gasteiger partial charge in [-0.2, -0.15) is 0 Å². The lowest BCUT2D eigenvalue weighted by molar-refractivity contribution is -0.0265. The van der Waals surface area contributed by atoms with Gasteiger partial charge < -0.3 is 18.4 Å². The Balaban J connectivity index is 0. The van der Waals surface area contributed by atoms with Gasteiger partial charge in [-0.25, -0.2) is 0 Å². The molecule has 0 fully saturated rings. The fraction of sp³-hybridized carbons (Fsp3) is 1.00. The Hall–Kier alpha value is 0.0169. The van der Waals surface area contributed by atoms with Crippen LogP contribution in [-0.4, -0.2) is 57.9 Å². The number of aliphatic hydroxyl groups is 1. The van der Waals surface area contributed by atoms with Gasteiger partial charge in [0, 0.05) is 26.4 Å². The van der Waals surface area contributed by atoms with Crippen LogP contribution < -0.4 is 0 Å². The van der Waals surface area contributed by atoms with Crippen LogP contribution in [0.25, 0.3) is 0 Å². The molecule has 19 heavy (non-hydrogen) atoms. The molecule has 0 aliphatic heterocycles. The van der Waals surface area contributed by atoms with Crippen LogP contribution in [-0.2, 0) is 13.3 Å². The van der Waals surface area contributed by atoms with Crippen LogP contribution >= 0.6 is 0 Å². The minimum Gasteiger partial charge on any atom is -0.397 e. The topological polar surface area (TPSA) is 51.2 Å². The zero-order valence-electron chi connectivity index (χ0n) is 13.7. The number of aliphatic hydroxyl groups excluding tert-OH is 1. The molecule has 0 amide bonds. The van der Waals surface area contributed by atoms with Crippen molar-refractivity contribution in [1.82, 2.24) is 4.90 Å². The van der Waals surface area contributed by atoms with Crippen molar-refractivity contribution in [3.8, 4) is 0 Å². The highest BCUT2D eigenvalue weighted by atomic mass is 28.4. The lowest BCUT2D eigenvalue weighted by atomic mass is 10.5. The highest BCUT2D eigenvalue weighted by Gasteiger charge is 2.36. The van der Waals surface area contributed by atoms with Crippen LogP contribution in [0.5, 0.6) is 0 Å². The van der Waals surface area contributed by atoms with Crippen molar-refractivity contribution in [3.05, 3.63) is 0 Å². The first-order valence-corrected chi connectivity index (χ1v) is 9.47. The first-order valence-electron chi connectivity index (χ1n) is 7.25. The maximum absolute atomic E-state index is 7.57. The van der Waals surface area contributed by atoms with E-state index < -0.39 is 8.80 Å². The van der Waals surface area contributed by atoms with E-state index in [4.69, 9.17) is 18.4 Å². The van der Waals surface area contributed by atoms with Crippen LogP contribution in [0.2, 0.25) is 6.55 Å². The fourth-order valence-electron chi connectivity index (χ4n) is 1.76. The van der Waals surface area contributed by atoms with Gasteiger partial charge in [0.05, 0.1) is 0 Å². The van der Waals surface area contributed by atoms with Crippen molar-refractivity contribution in [1.29, 1.82) is 0 Å². The molecule has 5 nitrogen and oxygen atoms in total. The van der Waals surface area contributed by atoms with Crippen LogP contribution in [0.15, 0.2) is 0 Å². The SMILES string of the molecule is CCO.CCO[Si](C)(OCC)OC(C)N(CC)CC. The Morgan fingerprint density at radius 1 is 1.00 bits per heavy atom. The van der Waals surface area contributed by atoms with Crippen molar-refractivity contribution in [2.75, 3.05) is 32.9 Å². The highest BCUT2D eigenvalue weighted by Crippen LogP contribution is 2.14. The summed E-state index contributed by atoms with van der Waals surface area (Å²) in [4.78, 5) is 2.24. The van der Waals surface area contributed by atoms with Gasteiger partial charge in [0.25, 0.3) is 0 Å². The molecule has 0 radical (unpaired) electrons. The smallest absolute Gasteiger partial charge is 0.397 e. The number of hydrogen-bond donors (Lipinski definition) is 1. The summed E-state index contributed by atoms with van der Waals surface area (Å²) in [5.41, 5.74) is 0.